The minimum atomic E-state index is 0.0231. The third-order valence-corrected chi connectivity index (χ3v) is 5.73. The summed E-state index contributed by atoms with van der Waals surface area (Å²) in [6, 6.07) is 16.7. The number of rotatable bonds is 12. The number of ether oxygens (including phenoxy) is 1. The number of para-hydroxylation sites is 2. The van der Waals surface area contributed by atoms with Crippen LogP contribution in [0.5, 0.6) is 5.75 Å². The number of unbranched alkanes of at least 4 members (excludes halogenated alkanes) is 1. The van der Waals surface area contributed by atoms with Gasteiger partial charge in [-0.2, -0.15) is 0 Å². The average molecular weight is 436 g/mol. The molecule has 0 saturated heterocycles. The summed E-state index contributed by atoms with van der Waals surface area (Å²) >= 11 is 0. The van der Waals surface area contributed by atoms with Gasteiger partial charge in [-0.1, -0.05) is 52.0 Å². The number of fused-ring (bicyclic) bond motifs is 1. The summed E-state index contributed by atoms with van der Waals surface area (Å²) in [5.74, 6) is 2.70. The molecule has 2 aromatic carbocycles. The molecule has 0 radical (unpaired) electrons. The Bertz CT molecular complexity index is 990. The normalized spacial score (nSPS) is 11.4. The zero-order valence-electron chi connectivity index (χ0n) is 19.9. The Morgan fingerprint density at radius 1 is 1.00 bits per heavy atom. The Kier molecular flexibility index (Phi) is 8.72. The molecule has 0 saturated carbocycles. The first-order chi connectivity index (χ1) is 15.5. The van der Waals surface area contributed by atoms with Crippen LogP contribution < -0.4 is 10.1 Å². The number of carbonyl (C=O) groups excluding carboxylic acids is 1. The predicted molar refractivity (Wildman–Crippen MR) is 131 cm³/mol. The highest BCUT2D eigenvalue weighted by Gasteiger charge is 2.11. The van der Waals surface area contributed by atoms with Crippen LogP contribution in [-0.4, -0.2) is 28.6 Å². The number of imidazole rings is 1. The summed E-state index contributed by atoms with van der Waals surface area (Å²) in [7, 11) is 0. The van der Waals surface area contributed by atoms with Gasteiger partial charge < -0.3 is 14.6 Å². The second-order valence-corrected chi connectivity index (χ2v) is 9.00. The molecule has 0 bridgehead atoms. The standard InChI is InChI=1S/C27H37N3O2/c1-20(2)22-13-15-23(16-14-22)32-19-8-7-18-30-25-11-6-5-10-24(25)29-26(30)12-9-17-28-27(31)21(3)4/h5-6,10-11,13-16,20-21H,7-9,12,17-19H2,1-4H3,(H,28,31). The minimum absolute atomic E-state index is 0.0231. The van der Waals surface area contributed by atoms with Crippen molar-refractivity contribution in [3.05, 3.63) is 59.9 Å². The van der Waals surface area contributed by atoms with Crippen molar-refractivity contribution in [3.8, 4) is 5.75 Å². The predicted octanol–water partition coefficient (Wildman–Crippen LogP) is 5.72. The number of amides is 1. The molecule has 3 rings (SSSR count). The lowest BCUT2D eigenvalue weighted by Crippen LogP contribution is -2.28. The maximum absolute atomic E-state index is 11.8. The Labute approximate surface area is 192 Å². The molecular weight excluding hydrogens is 398 g/mol. The van der Waals surface area contributed by atoms with Crippen LogP contribution in [0.15, 0.2) is 48.5 Å². The third-order valence-electron chi connectivity index (χ3n) is 5.73. The van der Waals surface area contributed by atoms with Crippen molar-refractivity contribution in [1.29, 1.82) is 0 Å². The zero-order chi connectivity index (χ0) is 22.9. The lowest BCUT2D eigenvalue weighted by atomic mass is 10.0. The molecule has 5 nitrogen and oxygen atoms in total. The van der Waals surface area contributed by atoms with Gasteiger partial charge in [0.1, 0.15) is 11.6 Å². The highest BCUT2D eigenvalue weighted by molar-refractivity contribution is 5.77. The van der Waals surface area contributed by atoms with Gasteiger partial charge in [-0.25, -0.2) is 4.98 Å². The molecule has 1 heterocycles. The molecule has 1 amide bonds. The molecule has 3 aromatic rings. The first-order valence-electron chi connectivity index (χ1n) is 11.9. The monoisotopic (exact) mass is 435 g/mol. The van der Waals surface area contributed by atoms with Crippen LogP contribution in [0.1, 0.15) is 64.3 Å². The highest BCUT2D eigenvalue weighted by atomic mass is 16.5. The number of hydrogen-bond donors (Lipinski definition) is 1. The van der Waals surface area contributed by atoms with Crippen LogP contribution in [0.25, 0.3) is 11.0 Å². The van der Waals surface area contributed by atoms with E-state index in [1.165, 1.54) is 11.1 Å². The molecule has 0 aliphatic carbocycles. The SMILES string of the molecule is CC(C)C(=O)NCCCc1nc2ccccc2n1CCCCOc1ccc(C(C)C)cc1. The van der Waals surface area contributed by atoms with Crippen molar-refractivity contribution in [1.82, 2.24) is 14.9 Å². The largest absolute Gasteiger partial charge is 0.494 e. The van der Waals surface area contributed by atoms with Gasteiger partial charge in [0, 0.05) is 25.4 Å². The highest BCUT2D eigenvalue weighted by Crippen LogP contribution is 2.20. The van der Waals surface area contributed by atoms with E-state index in [2.05, 4.69) is 66.2 Å². The molecule has 0 spiro atoms. The van der Waals surface area contributed by atoms with Gasteiger partial charge in [-0.05, 0) is 55.0 Å². The van der Waals surface area contributed by atoms with Gasteiger partial charge in [0.05, 0.1) is 17.6 Å². The van der Waals surface area contributed by atoms with E-state index in [9.17, 15) is 4.79 Å². The maximum atomic E-state index is 11.8. The Morgan fingerprint density at radius 3 is 2.47 bits per heavy atom. The quantitative estimate of drug-likeness (QED) is 0.370. The molecule has 0 aliphatic rings. The van der Waals surface area contributed by atoms with Crippen LogP contribution in [0.2, 0.25) is 0 Å². The van der Waals surface area contributed by atoms with Gasteiger partial charge in [0.2, 0.25) is 5.91 Å². The minimum Gasteiger partial charge on any atom is -0.494 e. The number of nitrogens with zero attached hydrogens (tertiary/aromatic N) is 2. The first kappa shape index (κ1) is 23.8. The topological polar surface area (TPSA) is 56.2 Å². The second kappa shape index (κ2) is 11.7. The number of carbonyl (C=O) groups is 1. The Hall–Kier alpha value is -2.82. The summed E-state index contributed by atoms with van der Waals surface area (Å²) in [6.07, 6.45) is 3.76. The van der Waals surface area contributed by atoms with E-state index in [4.69, 9.17) is 9.72 Å². The van der Waals surface area contributed by atoms with Gasteiger partial charge in [0.25, 0.3) is 0 Å². The van der Waals surface area contributed by atoms with Gasteiger partial charge in [-0.15, -0.1) is 0 Å². The van der Waals surface area contributed by atoms with Crippen molar-refractivity contribution in [2.75, 3.05) is 13.2 Å². The van der Waals surface area contributed by atoms with Gasteiger partial charge in [-0.3, -0.25) is 4.79 Å². The first-order valence-corrected chi connectivity index (χ1v) is 11.9. The molecule has 0 unspecified atom stereocenters. The van der Waals surface area contributed by atoms with E-state index in [0.717, 1.165) is 49.3 Å². The van der Waals surface area contributed by atoms with Crippen molar-refractivity contribution in [2.24, 2.45) is 5.92 Å². The fraction of sp³-hybridized carbons (Fsp3) is 0.481. The van der Waals surface area contributed by atoms with E-state index >= 15 is 0 Å². The van der Waals surface area contributed by atoms with E-state index in [-0.39, 0.29) is 11.8 Å². The Morgan fingerprint density at radius 2 is 1.75 bits per heavy atom. The lowest BCUT2D eigenvalue weighted by molar-refractivity contribution is -0.123. The summed E-state index contributed by atoms with van der Waals surface area (Å²) in [5.41, 5.74) is 3.55. The van der Waals surface area contributed by atoms with Crippen molar-refractivity contribution < 1.29 is 9.53 Å². The molecule has 0 fully saturated rings. The summed E-state index contributed by atoms with van der Waals surface area (Å²) in [5, 5.41) is 3.00. The van der Waals surface area contributed by atoms with Crippen LogP contribution in [0.3, 0.4) is 0 Å². The Balaban J connectivity index is 1.50. The molecule has 172 valence electrons. The number of aromatic nitrogens is 2. The number of nitrogens with one attached hydrogen (secondary N) is 1. The number of benzene rings is 2. The molecule has 1 aromatic heterocycles. The second-order valence-electron chi connectivity index (χ2n) is 9.00. The molecule has 32 heavy (non-hydrogen) atoms. The summed E-state index contributed by atoms with van der Waals surface area (Å²) in [4.78, 5) is 16.6. The van der Waals surface area contributed by atoms with Gasteiger partial charge in [0.15, 0.2) is 0 Å². The van der Waals surface area contributed by atoms with Crippen LogP contribution in [-0.2, 0) is 17.8 Å². The number of hydrogen-bond acceptors (Lipinski definition) is 3. The van der Waals surface area contributed by atoms with Crippen molar-refractivity contribution in [3.63, 3.8) is 0 Å². The van der Waals surface area contributed by atoms with E-state index in [0.29, 0.717) is 19.1 Å². The van der Waals surface area contributed by atoms with E-state index in [1.807, 2.05) is 19.9 Å². The molecule has 0 aliphatic heterocycles. The number of aryl methyl sites for hydroxylation is 2. The molecule has 5 heteroatoms. The summed E-state index contributed by atoms with van der Waals surface area (Å²) in [6.45, 7) is 10.5. The van der Waals surface area contributed by atoms with Crippen LogP contribution in [0, 0.1) is 5.92 Å². The van der Waals surface area contributed by atoms with Crippen LogP contribution >= 0.6 is 0 Å². The lowest BCUT2D eigenvalue weighted by Gasteiger charge is -2.11. The van der Waals surface area contributed by atoms with Gasteiger partial charge >= 0.3 is 0 Å². The third kappa shape index (κ3) is 6.59. The smallest absolute Gasteiger partial charge is 0.222 e. The fourth-order valence-corrected chi connectivity index (χ4v) is 3.74. The fourth-order valence-electron chi connectivity index (χ4n) is 3.74. The van der Waals surface area contributed by atoms with E-state index in [1.54, 1.807) is 0 Å². The van der Waals surface area contributed by atoms with Crippen molar-refractivity contribution in [2.45, 2.75) is 65.8 Å². The molecule has 0 atom stereocenters. The van der Waals surface area contributed by atoms with E-state index < -0.39 is 0 Å². The average Bonchev–Trinajstić information content (AvgIpc) is 3.14. The summed E-state index contributed by atoms with van der Waals surface area (Å²) < 4.78 is 8.26. The molecule has 1 N–H and O–H groups in total. The van der Waals surface area contributed by atoms with Crippen molar-refractivity contribution >= 4 is 16.9 Å². The van der Waals surface area contributed by atoms with Crippen LogP contribution in [0.4, 0.5) is 0 Å². The zero-order valence-corrected chi connectivity index (χ0v) is 19.9. The molecular formula is C27H37N3O2. The maximum Gasteiger partial charge on any atom is 0.222 e.